The average Bonchev–Trinajstić information content (AvgIpc) is 2.06. The lowest BCUT2D eigenvalue weighted by molar-refractivity contribution is 0.322. The lowest BCUT2D eigenvalue weighted by atomic mass is 10.2. The Labute approximate surface area is 70.4 Å². The van der Waals surface area contributed by atoms with Gasteiger partial charge in [0.15, 0.2) is 6.73 Å². The number of hydrogen-bond donors (Lipinski definition) is 0. The van der Waals surface area contributed by atoms with Gasteiger partial charge in [-0.15, -0.1) is 5.11 Å². The van der Waals surface area contributed by atoms with Crippen molar-refractivity contribution in [1.82, 2.24) is 0 Å². The predicted molar refractivity (Wildman–Crippen MR) is 45.8 cm³/mol. The Hall–Kier alpha value is -1.64. The highest BCUT2D eigenvalue weighted by molar-refractivity contribution is 5.56. The standard InChI is InChI=1S/C9H8N2O/c1-2-4-9-8(3-1)5-6-10-11-7-12-9/h1-6H,7H2/b6-5-,11-10?. The summed E-state index contributed by atoms with van der Waals surface area (Å²) in [6, 6.07) is 7.80. The monoisotopic (exact) mass is 160 g/mol. The summed E-state index contributed by atoms with van der Waals surface area (Å²) in [5.74, 6) is 0.854. The molecule has 1 aliphatic rings. The third-order valence-corrected chi connectivity index (χ3v) is 1.60. The van der Waals surface area contributed by atoms with Crippen molar-refractivity contribution in [2.24, 2.45) is 10.2 Å². The maximum absolute atomic E-state index is 5.32. The van der Waals surface area contributed by atoms with Crippen LogP contribution in [0.4, 0.5) is 0 Å². The lowest BCUT2D eigenvalue weighted by Gasteiger charge is -2.06. The van der Waals surface area contributed by atoms with E-state index in [1.165, 1.54) is 0 Å². The van der Waals surface area contributed by atoms with E-state index in [0.717, 1.165) is 11.3 Å². The Balaban J connectivity index is 2.43. The second-order valence-corrected chi connectivity index (χ2v) is 2.38. The maximum Gasteiger partial charge on any atom is 0.198 e. The molecule has 0 fully saturated rings. The van der Waals surface area contributed by atoms with Gasteiger partial charge in [-0.05, 0) is 12.1 Å². The molecule has 0 saturated heterocycles. The second kappa shape index (κ2) is 3.17. The van der Waals surface area contributed by atoms with Gasteiger partial charge in [-0.3, -0.25) is 0 Å². The molecule has 12 heavy (non-hydrogen) atoms. The van der Waals surface area contributed by atoms with E-state index >= 15 is 0 Å². The van der Waals surface area contributed by atoms with Crippen molar-refractivity contribution in [3.8, 4) is 5.75 Å². The molecule has 0 N–H and O–H groups in total. The molecule has 0 unspecified atom stereocenters. The van der Waals surface area contributed by atoms with E-state index in [1.54, 1.807) is 6.20 Å². The van der Waals surface area contributed by atoms with Gasteiger partial charge in [0.25, 0.3) is 0 Å². The molecule has 0 atom stereocenters. The van der Waals surface area contributed by atoms with Crippen LogP contribution in [0.15, 0.2) is 40.7 Å². The molecule has 1 aromatic carbocycles. The normalized spacial score (nSPS) is 17.0. The van der Waals surface area contributed by atoms with Gasteiger partial charge in [0.2, 0.25) is 0 Å². The summed E-state index contributed by atoms with van der Waals surface area (Å²) in [5, 5.41) is 7.49. The molecular formula is C9H8N2O. The molecule has 0 radical (unpaired) electrons. The van der Waals surface area contributed by atoms with E-state index in [9.17, 15) is 0 Å². The Morgan fingerprint density at radius 3 is 3.17 bits per heavy atom. The van der Waals surface area contributed by atoms with Crippen LogP contribution in [0.5, 0.6) is 5.75 Å². The van der Waals surface area contributed by atoms with Gasteiger partial charge >= 0.3 is 0 Å². The van der Waals surface area contributed by atoms with Crippen LogP contribution in [0, 0.1) is 0 Å². The molecule has 0 saturated carbocycles. The molecule has 0 bridgehead atoms. The first-order chi connectivity index (χ1) is 5.97. The van der Waals surface area contributed by atoms with Crippen LogP contribution < -0.4 is 4.74 Å². The molecule has 0 aliphatic carbocycles. The Morgan fingerprint density at radius 1 is 1.25 bits per heavy atom. The second-order valence-electron chi connectivity index (χ2n) is 2.38. The van der Waals surface area contributed by atoms with Crippen LogP contribution >= 0.6 is 0 Å². The Kier molecular flexibility index (Phi) is 1.86. The average molecular weight is 160 g/mol. The molecule has 60 valence electrons. The number of para-hydroxylation sites is 1. The fourth-order valence-electron chi connectivity index (χ4n) is 1.04. The van der Waals surface area contributed by atoms with E-state index in [4.69, 9.17) is 4.74 Å². The number of azo groups is 1. The fraction of sp³-hybridized carbons (Fsp3) is 0.111. The zero-order valence-electron chi connectivity index (χ0n) is 6.47. The Bertz CT molecular complexity index is 331. The number of fused-ring (bicyclic) bond motifs is 1. The van der Waals surface area contributed by atoms with Crippen LogP contribution in [-0.2, 0) is 0 Å². The van der Waals surface area contributed by atoms with E-state index < -0.39 is 0 Å². The van der Waals surface area contributed by atoms with Crippen molar-refractivity contribution in [2.75, 3.05) is 6.73 Å². The summed E-state index contributed by atoms with van der Waals surface area (Å²) in [4.78, 5) is 0. The van der Waals surface area contributed by atoms with Crippen molar-refractivity contribution in [1.29, 1.82) is 0 Å². The summed E-state index contributed by atoms with van der Waals surface area (Å²) >= 11 is 0. The van der Waals surface area contributed by atoms with Crippen LogP contribution in [-0.4, -0.2) is 6.73 Å². The largest absolute Gasteiger partial charge is 0.469 e. The summed E-state index contributed by atoms with van der Waals surface area (Å²) < 4.78 is 5.32. The predicted octanol–water partition coefficient (Wildman–Crippen LogP) is 2.46. The van der Waals surface area contributed by atoms with Crippen LogP contribution in [0.2, 0.25) is 0 Å². The molecule has 0 aromatic heterocycles. The van der Waals surface area contributed by atoms with E-state index in [1.807, 2.05) is 30.3 Å². The first kappa shape index (κ1) is 7.03. The van der Waals surface area contributed by atoms with Gasteiger partial charge in [0, 0.05) is 11.8 Å². The fourth-order valence-corrected chi connectivity index (χ4v) is 1.04. The van der Waals surface area contributed by atoms with Crippen molar-refractivity contribution in [3.63, 3.8) is 0 Å². The quantitative estimate of drug-likeness (QED) is 0.574. The molecule has 1 aliphatic heterocycles. The highest BCUT2D eigenvalue weighted by Gasteiger charge is 1.99. The smallest absolute Gasteiger partial charge is 0.198 e. The van der Waals surface area contributed by atoms with Gasteiger partial charge in [0.1, 0.15) is 5.75 Å². The zero-order chi connectivity index (χ0) is 8.23. The first-order valence-electron chi connectivity index (χ1n) is 3.72. The number of hydrogen-bond acceptors (Lipinski definition) is 3. The number of ether oxygens (including phenoxy) is 1. The third-order valence-electron chi connectivity index (χ3n) is 1.60. The Morgan fingerprint density at radius 2 is 2.17 bits per heavy atom. The van der Waals surface area contributed by atoms with Crippen LogP contribution in [0.25, 0.3) is 6.08 Å². The van der Waals surface area contributed by atoms with Crippen molar-refractivity contribution >= 4 is 6.08 Å². The van der Waals surface area contributed by atoms with Gasteiger partial charge < -0.3 is 4.74 Å². The van der Waals surface area contributed by atoms with E-state index in [-0.39, 0.29) is 0 Å². The molecule has 1 aromatic rings. The summed E-state index contributed by atoms with van der Waals surface area (Å²) in [6.45, 7) is 0.293. The number of nitrogens with zero attached hydrogens (tertiary/aromatic N) is 2. The highest BCUT2D eigenvalue weighted by Crippen LogP contribution is 2.20. The molecular weight excluding hydrogens is 152 g/mol. The zero-order valence-corrected chi connectivity index (χ0v) is 6.47. The molecule has 3 nitrogen and oxygen atoms in total. The lowest BCUT2D eigenvalue weighted by Crippen LogP contribution is -1.95. The molecule has 0 amide bonds. The van der Waals surface area contributed by atoms with Crippen molar-refractivity contribution < 1.29 is 4.74 Å². The molecule has 2 rings (SSSR count). The molecule has 0 spiro atoms. The topological polar surface area (TPSA) is 34.0 Å². The first-order valence-corrected chi connectivity index (χ1v) is 3.72. The SMILES string of the molecule is C1=C\c2ccccc2OCN=N/1. The summed E-state index contributed by atoms with van der Waals surface area (Å²) in [7, 11) is 0. The van der Waals surface area contributed by atoms with Gasteiger partial charge in [-0.1, -0.05) is 18.2 Å². The van der Waals surface area contributed by atoms with E-state index in [2.05, 4.69) is 10.2 Å². The highest BCUT2D eigenvalue weighted by atomic mass is 16.5. The van der Waals surface area contributed by atoms with E-state index in [0.29, 0.717) is 6.73 Å². The molecule has 1 heterocycles. The van der Waals surface area contributed by atoms with Gasteiger partial charge in [-0.25, -0.2) is 0 Å². The molecule has 3 heteroatoms. The van der Waals surface area contributed by atoms with Crippen molar-refractivity contribution in [2.45, 2.75) is 0 Å². The minimum absolute atomic E-state index is 0.293. The van der Waals surface area contributed by atoms with Crippen LogP contribution in [0.1, 0.15) is 5.56 Å². The van der Waals surface area contributed by atoms with Gasteiger partial charge in [0.05, 0.1) is 0 Å². The minimum Gasteiger partial charge on any atom is -0.469 e. The van der Waals surface area contributed by atoms with Crippen molar-refractivity contribution in [3.05, 3.63) is 36.0 Å². The van der Waals surface area contributed by atoms with Crippen LogP contribution in [0.3, 0.4) is 0 Å². The summed E-state index contributed by atoms with van der Waals surface area (Å²) in [6.07, 6.45) is 3.54. The maximum atomic E-state index is 5.32. The number of rotatable bonds is 0. The minimum atomic E-state index is 0.293. The number of benzene rings is 1. The van der Waals surface area contributed by atoms with Gasteiger partial charge in [-0.2, -0.15) is 5.11 Å². The summed E-state index contributed by atoms with van der Waals surface area (Å²) in [5.41, 5.74) is 1.04. The third kappa shape index (κ3) is 1.34.